The Bertz CT molecular complexity index is 322. The normalized spacial score (nSPS) is 12.3. The topological polar surface area (TPSA) is 34.1 Å². The summed E-state index contributed by atoms with van der Waals surface area (Å²) in [6, 6.07) is 0. The van der Waals surface area contributed by atoms with Crippen LogP contribution in [-0.2, 0) is 9.59 Å². The molecule has 0 heterocycles. The SMILES string of the molecule is CCCCCCCCCCCCCC(=O)CC(CCCCC)C(C)=O. The summed E-state index contributed by atoms with van der Waals surface area (Å²) in [6.07, 6.45) is 19.8. The number of unbranched alkanes of at least 4 members (excludes halogenated alkanes) is 12. The van der Waals surface area contributed by atoms with E-state index in [1.807, 2.05) is 0 Å². The van der Waals surface area contributed by atoms with E-state index in [0.717, 1.165) is 32.1 Å². The second kappa shape index (κ2) is 18.1. The molecule has 2 heteroatoms. The third-order valence-corrected chi connectivity index (χ3v) is 5.26. The minimum absolute atomic E-state index is 0.0215. The quantitative estimate of drug-likeness (QED) is 0.226. The van der Waals surface area contributed by atoms with E-state index in [1.165, 1.54) is 64.2 Å². The van der Waals surface area contributed by atoms with Gasteiger partial charge in [-0.1, -0.05) is 97.3 Å². The summed E-state index contributed by atoms with van der Waals surface area (Å²) in [5.74, 6) is 0.475. The van der Waals surface area contributed by atoms with Crippen LogP contribution in [0.3, 0.4) is 0 Å². The van der Waals surface area contributed by atoms with Crippen molar-refractivity contribution in [1.29, 1.82) is 0 Å². The first-order valence-electron chi connectivity index (χ1n) is 11.1. The Balaban J connectivity index is 3.54. The molecule has 0 saturated carbocycles. The number of ketones is 2. The second-order valence-electron chi connectivity index (χ2n) is 7.83. The minimum atomic E-state index is -0.0215. The molecule has 0 aliphatic rings. The molecule has 0 saturated heterocycles. The molecule has 0 N–H and O–H groups in total. The van der Waals surface area contributed by atoms with Crippen molar-refractivity contribution in [2.45, 2.75) is 130 Å². The Labute approximate surface area is 157 Å². The maximum atomic E-state index is 12.1. The van der Waals surface area contributed by atoms with Gasteiger partial charge in [-0.3, -0.25) is 9.59 Å². The highest BCUT2D eigenvalue weighted by Gasteiger charge is 2.17. The molecule has 0 spiro atoms. The van der Waals surface area contributed by atoms with Crippen molar-refractivity contribution < 1.29 is 9.59 Å². The Morgan fingerprint density at radius 2 is 1.08 bits per heavy atom. The van der Waals surface area contributed by atoms with Crippen molar-refractivity contribution in [2.75, 3.05) is 0 Å². The van der Waals surface area contributed by atoms with Crippen LogP contribution < -0.4 is 0 Å². The molecule has 0 fully saturated rings. The largest absolute Gasteiger partial charge is 0.300 e. The number of Topliss-reactive ketones (excluding diaryl/α,β-unsaturated/α-hetero) is 2. The molecular weight excluding hydrogens is 308 g/mol. The summed E-state index contributed by atoms with van der Waals surface area (Å²) in [7, 11) is 0. The zero-order chi connectivity index (χ0) is 18.8. The fraction of sp³-hybridized carbons (Fsp3) is 0.913. The summed E-state index contributed by atoms with van der Waals surface area (Å²) >= 11 is 0. The lowest BCUT2D eigenvalue weighted by Gasteiger charge is -2.12. The van der Waals surface area contributed by atoms with Gasteiger partial charge in [0.05, 0.1) is 0 Å². The van der Waals surface area contributed by atoms with Gasteiger partial charge < -0.3 is 0 Å². The lowest BCUT2D eigenvalue weighted by molar-refractivity contribution is -0.127. The predicted molar refractivity (Wildman–Crippen MR) is 109 cm³/mol. The number of carbonyl (C=O) groups excluding carboxylic acids is 2. The second-order valence-corrected chi connectivity index (χ2v) is 7.83. The highest BCUT2D eigenvalue weighted by Crippen LogP contribution is 2.18. The molecule has 0 aromatic rings. The zero-order valence-electron chi connectivity index (χ0n) is 17.4. The van der Waals surface area contributed by atoms with Gasteiger partial charge in [-0.25, -0.2) is 0 Å². The van der Waals surface area contributed by atoms with Gasteiger partial charge in [0.25, 0.3) is 0 Å². The molecule has 0 aromatic heterocycles. The van der Waals surface area contributed by atoms with Gasteiger partial charge in [-0.2, -0.15) is 0 Å². The summed E-state index contributed by atoms with van der Waals surface area (Å²) in [6.45, 7) is 6.07. The van der Waals surface area contributed by atoms with Gasteiger partial charge in [0, 0.05) is 18.8 Å². The van der Waals surface area contributed by atoms with Crippen LogP contribution in [-0.4, -0.2) is 11.6 Å². The highest BCUT2D eigenvalue weighted by atomic mass is 16.1. The summed E-state index contributed by atoms with van der Waals surface area (Å²) < 4.78 is 0. The van der Waals surface area contributed by atoms with Crippen LogP contribution in [0.1, 0.15) is 130 Å². The van der Waals surface area contributed by atoms with E-state index in [-0.39, 0.29) is 11.7 Å². The van der Waals surface area contributed by atoms with Crippen molar-refractivity contribution in [3.05, 3.63) is 0 Å². The fourth-order valence-electron chi connectivity index (χ4n) is 3.45. The molecule has 25 heavy (non-hydrogen) atoms. The van der Waals surface area contributed by atoms with Crippen molar-refractivity contribution in [3.8, 4) is 0 Å². The van der Waals surface area contributed by atoms with Crippen LogP contribution in [0.15, 0.2) is 0 Å². The first kappa shape index (κ1) is 24.3. The molecule has 2 nitrogen and oxygen atoms in total. The van der Waals surface area contributed by atoms with Crippen molar-refractivity contribution in [2.24, 2.45) is 5.92 Å². The summed E-state index contributed by atoms with van der Waals surface area (Å²) in [5, 5.41) is 0. The van der Waals surface area contributed by atoms with Crippen molar-refractivity contribution in [1.82, 2.24) is 0 Å². The van der Waals surface area contributed by atoms with Crippen LogP contribution in [0.25, 0.3) is 0 Å². The van der Waals surface area contributed by atoms with Gasteiger partial charge in [-0.05, 0) is 19.8 Å². The Kier molecular flexibility index (Phi) is 17.7. The standard InChI is InChI=1S/C23H44O2/c1-4-6-8-9-10-11-12-13-14-15-17-19-23(25)20-22(21(3)24)18-16-7-5-2/h22H,4-20H2,1-3H3. The van der Waals surface area contributed by atoms with E-state index in [4.69, 9.17) is 0 Å². The van der Waals surface area contributed by atoms with Crippen molar-refractivity contribution in [3.63, 3.8) is 0 Å². The zero-order valence-corrected chi connectivity index (χ0v) is 17.4. The van der Waals surface area contributed by atoms with Crippen LogP contribution >= 0.6 is 0 Å². The van der Waals surface area contributed by atoms with E-state index >= 15 is 0 Å². The van der Waals surface area contributed by atoms with E-state index in [0.29, 0.717) is 18.6 Å². The molecule has 0 amide bonds. The Hall–Kier alpha value is -0.660. The molecule has 148 valence electrons. The van der Waals surface area contributed by atoms with E-state index in [9.17, 15) is 9.59 Å². The van der Waals surface area contributed by atoms with E-state index in [1.54, 1.807) is 6.92 Å². The van der Waals surface area contributed by atoms with Crippen LogP contribution in [0.2, 0.25) is 0 Å². The number of hydrogen-bond acceptors (Lipinski definition) is 2. The third-order valence-electron chi connectivity index (χ3n) is 5.26. The van der Waals surface area contributed by atoms with Gasteiger partial charge in [0.2, 0.25) is 0 Å². The first-order valence-corrected chi connectivity index (χ1v) is 11.1. The monoisotopic (exact) mass is 352 g/mol. The average molecular weight is 353 g/mol. The maximum Gasteiger partial charge on any atom is 0.133 e. The molecule has 0 aromatic carbocycles. The average Bonchev–Trinajstić information content (AvgIpc) is 2.58. The molecule has 0 aliphatic heterocycles. The minimum Gasteiger partial charge on any atom is -0.300 e. The van der Waals surface area contributed by atoms with Gasteiger partial charge >= 0.3 is 0 Å². The lowest BCUT2D eigenvalue weighted by atomic mass is 9.91. The van der Waals surface area contributed by atoms with Crippen molar-refractivity contribution >= 4 is 11.6 Å². The maximum absolute atomic E-state index is 12.1. The number of rotatable bonds is 19. The molecule has 1 unspecified atom stereocenters. The van der Waals surface area contributed by atoms with Gasteiger partial charge in [-0.15, -0.1) is 0 Å². The molecular formula is C23H44O2. The molecule has 0 bridgehead atoms. The Morgan fingerprint density at radius 1 is 0.640 bits per heavy atom. The van der Waals surface area contributed by atoms with Crippen LogP contribution in [0.5, 0.6) is 0 Å². The fourth-order valence-corrected chi connectivity index (χ4v) is 3.45. The lowest BCUT2D eigenvalue weighted by Crippen LogP contribution is -2.16. The molecule has 0 rings (SSSR count). The smallest absolute Gasteiger partial charge is 0.133 e. The van der Waals surface area contributed by atoms with E-state index < -0.39 is 0 Å². The van der Waals surface area contributed by atoms with E-state index in [2.05, 4.69) is 13.8 Å². The molecule has 0 radical (unpaired) electrons. The molecule has 0 aliphatic carbocycles. The third kappa shape index (κ3) is 16.6. The summed E-state index contributed by atoms with van der Waals surface area (Å²) in [4.78, 5) is 23.8. The first-order chi connectivity index (χ1) is 12.1. The summed E-state index contributed by atoms with van der Waals surface area (Å²) in [5.41, 5.74) is 0. The van der Waals surface area contributed by atoms with Gasteiger partial charge in [0.15, 0.2) is 0 Å². The Morgan fingerprint density at radius 3 is 1.56 bits per heavy atom. The number of carbonyl (C=O) groups is 2. The van der Waals surface area contributed by atoms with Crippen LogP contribution in [0.4, 0.5) is 0 Å². The highest BCUT2D eigenvalue weighted by molar-refractivity contribution is 5.86. The van der Waals surface area contributed by atoms with Gasteiger partial charge in [0.1, 0.15) is 11.6 Å². The van der Waals surface area contributed by atoms with Crippen LogP contribution in [0, 0.1) is 5.92 Å². The number of hydrogen-bond donors (Lipinski definition) is 0. The predicted octanol–water partition coefficient (Wildman–Crippen LogP) is 7.43. The molecule has 1 atom stereocenters.